The van der Waals surface area contributed by atoms with Crippen molar-refractivity contribution in [2.75, 3.05) is 21.3 Å². The summed E-state index contributed by atoms with van der Waals surface area (Å²) in [6.45, 7) is 0. The lowest BCUT2D eigenvalue weighted by Gasteiger charge is -2.16. The summed E-state index contributed by atoms with van der Waals surface area (Å²) in [4.78, 5) is 11.0. The monoisotopic (exact) mass is 306 g/mol. The summed E-state index contributed by atoms with van der Waals surface area (Å²) in [5.41, 5.74) is 1.95. The lowest BCUT2D eigenvalue weighted by Crippen LogP contribution is -1.97. The number of ether oxygens (including phenoxy) is 3. The van der Waals surface area contributed by atoms with E-state index in [4.69, 9.17) is 25.8 Å². The quantitative estimate of drug-likeness (QED) is 0.787. The van der Waals surface area contributed by atoms with Gasteiger partial charge >= 0.3 is 0 Å². The summed E-state index contributed by atoms with van der Waals surface area (Å²) < 4.78 is 16.0. The van der Waals surface area contributed by atoms with Gasteiger partial charge in [0.2, 0.25) is 5.75 Å². The molecule has 0 aliphatic carbocycles. The Labute approximate surface area is 128 Å². The Hall–Kier alpha value is -2.20. The second-order valence-corrected chi connectivity index (χ2v) is 4.65. The number of rotatable bonds is 5. The van der Waals surface area contributed by atoms with Crippen LogP contribution in [0.2, 0.25) is 5.02 Å². The van der Waals surface area contributed by atoms with Gasteiger partial charge in [-0.25, -0.2) is 0 Å². The standard InChI is InChI=1S/C16H15ClO4/c1-19-14-7-5-11(15(20-2)16(14)21-3)12-8-10(9-18)4-6-13(12)17/h4-9H,1-3H3. The molecule has 0 amide bonds. The fourth-order valence-corrected chi connectivity index (χ4v) is 2.36. The third kappa shape index (κ3) is 2.81. The Bertz CT molecular complexity index is 668. The predicted molar refractivity (Wildman–Crippen MR) is 81.9 cm³/mol. The van der Waals surface area contributed by atoms with Gasteiger partial charge in [-0.3, -0.25) is 4.79 Å². The van der Waals surface area contributed by atoms with Crippen LogP contribution in [0.15, 0.2) is 30.3 Å². The molecule has 0 aromatic heterocycles. The molecule has 110 valence electrons. The molecular weight excluding hydrogens is 292 g/mol. The van der Waals surface area contributed by atoms with Crippen molar-refractivity contribution < 1.29 is 19.0 Å². The van der Waals surface area contributed by atoms with Gasteiger partial charge < -0.3 is 14.2 Å². The summed E-state index contributed by atoms with van der Waals surface area (Å²) in [7, 11) is 4.63. The number of aldehydes is 1. The van der Waals surface area contributed by atoms with E-state index in [9.17, 15) is 4.79 Å². The van der Waals surface area contributed by atoms with Crippen LogP contribution < -0.4 is 14.2 Å². The van der Waals surface area contributed by atoms with Gasteiger partial charge in [-0.15, -0.1) is 0 Å². The van der Waals surface area contributed by atoms with Crippen molar-refractivity contribution in [3.63, 3.8) is 0 Å². The highest BCUT2D eigenvalue weighted by Crippen LogP contribution is 2.45. The SMILES string of the molecule is COc1ccc(-c2cc(C=O)ccc2Cl)c(OC)c1OC. The van der Waals surface area contributed by atoms with E-state index in [1.807, 2.05) is 6.07 Å². The number of carbonyl (C=O) groups excluding carboxylic acids is 1. The van der Waals surface area contributed by atoms with Gasteiger partial charge in [0.25, 0.3) is 0 Å². The van der Waals surface area contributed by atoms with Gasteiger partial charge in [0.05, 0.1) is 21.3 Å². The van der Waals surface area contributed by atoms with Crippen LogP contribution in [-0.4, -0.2) is 27.6 Å². The Kier molecular flexibility index (Phi) is 4.70. The first kappa shape index (κ1) is 15.2. The van der Waals surface area contributed by atoms with E-state index in [2.05, 4.69) is 0 Å². The zero-order valence-electron chi connectivity index (χ0n) is 12.0. The first-order valence-corrected chi connectivity index (χ1v) is 6.58. The molecule has 0 saturated heterocycles. The van der Waals surface area contributed by atoms with Crippen molar-refractivity contribution >= 4 is 17.9 Å². The number of hydrogen-bond donors (Lipinski definition) is 0. The van der Waals surface area contributed by atoms with E-state index in [0.717, 1.165) is 11.8 Å². The van der Waals surface area contributed by atoms with E-state index >= 15 is 0 Å². The van der Waals surface area contributed by atoms with Crippen molar-refractivity contribution in [3.05, 3.63) is 40.9 Å². The predicted octanol–water partition coefficient (Wildman–Crippen LogP) is 3.85. The number of halogens is 1. The molecule has 0 aliphatic heterocycles. The van der Waals surface area contributed by atoms with Crippen LogP contribution in [0.1, 0.15) is 10.4 Å². The Balaban J connectivity index is 2.72. The topological polar surface area (TPSA) is 44.8 Å². The van der Waals surface area contributed by atoms with E-state index in [1.54, 1.807) is 31.4 Å². The summed E-state index contributed by atoms with van der Waals surface area (Å²) >= 11 is 6.24. The molecule has 0 heterocycles. The van der Waals surface area contributed by atoms with Gasteiger partial charge in [-0.2, -0.15) is 0 Å². The lowest BCUT2D eigenvalue weighted by atomic mass is 10.0. The number of methoxy groups -OCH3 is 3. The third-order valence-electron chi connectivity index (χ3n) is 3.12. The van der Waals surface area contributed by atoms with Crippen LogP contribution in [0.25, 0.3) is 11.1 Å². The number of hydrogen-bond acceptors (Lipinski definition) is 4. The minimum absolute atomic E-state index is 0.477. The van der Waals surface area contributed by atoms with Crippen LogP contribution in [-0.2, 0) is 0 Å². The van der Waals surface area contributed by atoms with Crippen molar-refractivity contribution in [2.24, 2.45) is 0 Å². The molecule has 0 unspecified atom stereocenters. The second-order valence-electron chi connectivity index (χ2n) is 4.24. The van der Waals surface area contributed by atoms with E-state index < -0.39 is 0 Å². The molecule has 2 rings (SSSR count). The molecule has 0 saturated carbocycles. The molecule has 5 heteroatoms. The zero-order chi connectivity index (χ0) is 15.4. The highest BCUT2D eigenvalue weighted by Gasteiger charge is 2.18. The first-order valence-electron chi connectivity index (χ1n) is 6.20. The molecule has 0 bridgehead atoms. The van der Waals surface area contributed by atoms with Gasteiger partial charge in [0.1, 0.15) is 6.29 Å². The van der Waals surface area contributed by atoms with Crippen molar-refractivity contribution in [2.45, 2.75) is 0 Å². The highest BCUT2D eigenvalue weighted by molar-refractivity contribution is 6.33. The van der Waals surface area contributed by atoms with Crippen molar-refractivity contribution in [1.82, 2.24) is 0 Å². The Morgan fingerprint density at radius 1 is 0.905 bits per heavy atom. The molecule has 2 aromatic carbocycles. The molecule has 21 heavy (non-hydrogen) atoms. The van der Waals surface area contributed by atoms with Crippen molar-refractivity contribution in [3.8, 4) is 28.4 Å². The molecule has 0 fully saturated rings. The maximum Gasteiger partial charge on any atom is 0.203 e. The second kappa shape index (κ2) is 6.50. The van der Waals surface area contributed by atoms with Gasteiger partial charge in [-0.05, 0) is 24.3 Å². The smallest absolute Gasteiger partial charge is 0.203 e. The first-order chi connectivity index (χ1) is 10.2. The van der Waals surface area contributed by atoms with Gasteiger partial charge in [-0.1, -0.05) is 17.7 Å². The minimum Gasteiger partial charge on any atom is -0.493 e. The summed E-state index contributed by atoms with van der Waals surface area (Å²) in [6.07, 6.45) is 0.771. The van der Waals surface area contributed by atoms with Gasteiger partial charge in [0, 0.05) is 21.7 Å². The fraction of sp³-hybridized carbons (Fsp3) is 0.188. The number of carbonyl (C=O) groups is 1. The minimum atomic E-state index is 0.477. The lowest BCUT2D eigenvalue weighted by molar-refractivity contribution is 0.112. The molecule has 0 aliphatic rings. The normalized spacial score (nSPS) is 10.1. The maximum atomic E-state index is 11.0. The van der Waals surface area contributed by atoms with E-state index in [1.165, 1.54) is 14.2 Å². The highest BCUT2D eigenvalue weighted by atomic mass is 35.5. The molecule has 2 aromatic rings. The van der Waals surface area contributed by atoms with Crippen LogP contribution in [0.5, 0.6) is 17.2 Å². The van der Waals surface area contributed by atoms with Crippen LogP contribution >= 0.6 is 11.6 Å². The fourth-order valence-electron chi connectivity index (χ4n) is 2.14. The molecule has 4 nitrogen and oxygen atoms in total. The van der Waals surface area contributed by atoms with E-state index in [0.29, 0.717) is 33.4 Å². The maximum absolute atomic E-state index is 11.0. The van der Waals surface area contributed by atoms with Crippen molar-refractivity contribution in [1.29, 1.82) is 0 Å². The molecule has 0 atom stereocenters. The molecule has 0 N–H and O–H groups in total. The molecule has 0 radical (unpaired) electrons. The molecular formula is C16H15ClO4. The Morgan fingerprint density at radius 2 is 1.62 bits per heavy atom. The average Bonchev–Trinajstić information content (AvgIpc) is 2.53. The zero-order valence-corrected chi connectivity index (χ0v) is 12.7. The van der Waals surface area contributed by atoms with Crippen LogP contribution in [0.4, 0.5) is 0 Å². The Morgan fingerprint density at radius 3 is 2.19 bits per heavy atom. The van der Waals surface area contributed by atoms with Gasteiger partial charge in [0.15, 0.2) is 11.5 Å². The third-order valence-corrected chi connectivity index (χ3v) is 3.45. The average molecular weight is 307 g/mol. The summed E-state index contributed by atoms with van der Waals surface area (Å²) in [5.74, 6) is 1.53. The van der Waals surface area contributed by atoms with Crippen LogP contribution in [0.3, 0.4) is 0 Å². The largest absolute Gasteiger partial charge is 0.493 e. The summed E-state index contributed by atoms with van der Waals surface area (Å²) in [6, 6.07) is 8.62. The number of benzene rings is 2. The summed E-state index contributed by atoms with van der Waals surface area (Å²) in [5, 5.41) is 0.520. The van der Waals surface area contributed by atoms with E-state index in [-0.39, 0.29) is 0 Å². The molecule has 0 spiro atoms. The van der Waals surface area contributed by atoms with Crippen LogP contribution in [0, 0.1) is 0 Å².